The van der Waals surface area contributed by atoms with Crippen LogP contribution in [0.2, 0.25) is 0 Å². The molecule has 0 bridgehead atoms. The minimum Gasteiger partial charge on any atom is -0.352 e. The Labute approximate surface area is 111 Å². The fourth-order valence-corrected chi connectivity index (χ4v) is 2.94. The van der Waals surface area contributed by atoms with Crippen molar-refractivity contribution < 1.29 is 4.79 Å². The van der Waals surface area contributed by atoms with E-state index in [1.807, 2.05) is 6.92 Å². The van der Waals surface area contributed by atoms with E-state index >= 15 is 0 Å². The molecule has 0 radical (unpaired) electrons. The molecule has 0 aromatic heterocycles. The molecule has 1 amide bonds. The van der Waals surface area contributed by atoms with Crippen LogP contribution in [0.3, 0.4) is 0 Å². The first-order valence-electron chi connectivity index (χ1n) is 7.40. The molecule has 104 valence electrons. The van der Waals surface area contributed by atoms with Crippen LogP contribution in [0.5, 0.6) is 0 Å². The number of nitrogens with zero attached hydrogens (tertiary/aromatic N) is 2. The third-order valence-electron chi connectivity index (χ3n) is 4.42. The molecule has 0 unspecified atom stereocenters. The number of hydrogen-bond acceptors (Lipinski definition) is 3. The van der Waals surface area contributed by atoms with Gasteiger partial charge < -0.3 is 10.2 Å². The Morgan fingerprint density at radius 1 is 1.11 bits per heavy atom. The van der Waals surface area contributed by atoms with E-state index in [2.05, 4.69) is 22.2 Å². The summed E-state index contributed by atoms with van der Waals surface area (Å²) >= 11 is 0. The van der Waals surface area contributed by atoms with Gasteiger partial charge in [0.2, 0.25) is 5.91 Å². The normalized spacial score (nSPS) is 25.9. The first kappa shape index (κ1) is 13.8. The highest BCUT2D eigenvalue weighted by Crippen LogP contribution is 2.17. The standard InChI is InChI=1S/C14H27N3O/c1-12(17-10-8-16(2)9-11-17)14(18)15-13-6-4-3-5-7-13/h12-13H,3-11H2,1-2H3,(H,15,18)/t12-/m0/s1. The molecule has 2 rings (SSSR count). The molecular weight excluding hydrogens is 226 g/mol. The quantitative estimate of drug-likeness (QED) is 0.817. The van der Waals surface area contributed by atoms with Crippen LogP contribution in [0.1, 0.15) is 39.0 Å². The van der Waals surface area contributed by atoms with E-state index in [0.717, 1.165) is 26.2 Å². The second-order valence-corrected chi connectivity index (χ2v) is 5.86. The Morgan fingerprint density at radius 2 is 1.72 bits per heavy atom. The van der Waals surface area contributed by atoms with Crippen LogP contribution in [0.4, 0.5) is 0 Å². The highest BCUT2D eigenvalue weighted by Gasteiger charge is 2.26. The van der Waals surface area contributed by atoms with E-state index in [1.54, 1.807) is 0 Å². The van der Waals surface area contributed by atoms with Crippen molar-refractivity contribution >= 4 is 5.91 Å². The summed E-state index contributed by atoms with van der Waals surface area (Å²) in [7, 11) is 2.14. The van der Waals surface area contributed by atoms with Gasteiger partial charge in [-0.15, -0.1) is 0 Å². The minimum absolute atomic E-state index is 0.0284. The molecule has 2 aliphatic rings. The number of carbonyl (C=O) groups is 1. The molecule has 4 nitrogen and oxygen atoms in total. The lowest BCUT2D eigenvalue weighted by molar-refractivity contribution is -0.127. The molecule has 0 spiro atoms. The van der Waals surface area contributed by atoms with Gasteiger partial charge in [0.05, 0.1) is 6.04 Å². The molecule has 18 heavy (non-hydrogen) atoms. The molecule has 2 fully saturated rings. The van der Waals surface area contributed by atoms with Crippen molar-refractivity contribution in [1.82, 2.24) is 15.1 Å². The summed E-state index contributed by atoms with van der Waals surface area (Å²) in [6.07, 6.45) is 6.21. The van der Waals surface area contributed by atoms with E-state index in [1.165, 1.54) is 32.1 Å². The van der Waals surface area contributed by atoms with Gasteiger partial charge in [-0.25, -0.2) is 0 Å². The van der Waals surface area contributed by atoms with Gasteiger partial charge in [0.25, 0.3) is 0 Å². The molecule has 0 aromatic rings. The summed E-state index contributed by atoms with van der Waals surface area (Å²) in [5, 5.41) is 3.23. The monoisotopic (exact) mass is 253 g/mol. The number of piperazine rings is 1. The molecule has 1 N–H and O–H groups in total. The van der Waals surface area contributed by atoms with Crippen molar-refractivity contribution in [3.63, 3.8) is 0 Å². The highest BCUT2D eigenvalue weighted by atomic mass is 16.2. The molecule has 4 heteroatoms. The van der Waals surface area contributed by atoms with Crippen molar-refractivity contribution in [2.75, 3.05) is 33.2 Å². The molecular formula is C14H27N3O. The number of carbonyl (C=O) groups excluding carboxylic acids is 1. The van der Waals surface area contributed by atoms with Crippen molar-refractivity contribution in [2.45, 2.75) is 51.1 Å². The Kier molecular flexibility index (Phi) is 5.01. The molecule has 1 aliphatic heterocycles. The first-order valence-corrected chi connectivity index (χ1v) is 7.40. The Bertz CT molecular complexity index is 268. The molecule has 1 aliphatic carbocycles. The van der Waals surface area contributed by atoms with Gasteiger partial charge >= 0.3 is 0 Å². The van der Waals surface area contributed by atoms with Gasteiger partial charge in [0, 0.05) is 32.2 Å². The topological polar surface area (TPSA) is 35.6 Å². The predicted octanol–water partition coefficient (Wildman–Crippen LogP) is 1.07. The summed E-state index contributed by atoms with van der Waals surface area (Å²) in [6, 6.07) is 0.460. The van der Waals surface area contributed by atoms with Crippen LogP contribution in [-0.4, -0.2) is 61.0 Å². The Morgan fingerprint density at radius 3 is 2.33 bits per heavy atom. The summed E-state index contributed by atoms with van der Waals surface area (Å²) in [6.45, 7) is 6.21. The Hall–Kier alpha value is -0.610. The van der Waals surface area contributed by atoms with Crippen LogP contribution >= 0.6 is 0 Å². The summed E-state index contributed by atoms with van der Waals surface area (Å²) in [5.41, 5.74) is 0. The van der Waals surface area contributed by atoms with Crippen LogP contribution in [0.15, 0.2) is 0 Å². The fraction of sp³-hybridized carbons (Fsp3) is 0.929. The first-order chi connectivity index (χ1) is 8.66. The summed E-state index contributed by atoms with van der Waals surface area (Å²) in [4.78, 5) is 16.9. The van der Waals surface area contributed by atoms with E-state index in [4.69, 9.17) is 0 Å². The van der Waals surface area contributed by atoms with Crippen molar-refractivity contribution in [2.24, 2.45) is 0 Å². The zero-order valence-electron chi connectivity index (χ0n) is 11.8. The van der Waals surface area contributed by atoms with E-state index < -0.39 is 0 Å². The van der Waals surface area contributed by atoms with Gasteiger partial charge in [0.1, 0.15) is 0 Å². The lowest BCUT2D eigenvalue weighted by atomic mass is 9.95. The smallest absolute Gasteiger partial charge is 0.237 e. The maximum absolute atomic E-state index is 12.2. The average molecular weight is 253 g/mol. The largest absolute Gasteiger partial charge is 0.352 e. The highest BCUT2D eigenvalue weighted by molar-refractivity contribution is 5.81. The predicted molar refractivity (Wildman–Crippen MR) is 73.5 cm³/mol. The second kappa shape index (κ2) is 6.53. The van der Waals surface area contributed by atoms with Crippen LogP contribution in [0, 0.1) is 0 Å². The summed E-state index contributed by atoms with van der Waals surface area (Å²) in [5.74, 6) is 0.228. The molecule has 1 saturated carbocycles. The lowest BCUT2D eigenvalue weighted by Gasteiger charge is -2.36. The molecule has 1 saturated heterocycles. The van der Waals surface area contributed by atoms with Crippen LogP contribution in [0.25, 0.3) is 0 Å². The zero-order valence-corrected chi connectivity index (χ0v) is 11.8. The number of amides is 1. The van der Waals surface area contributed by atoms with Gasteiger partial charge in [-0.3, -0.25) is 9.69 Å². The minimum atomic E-state index is 0.0284. The van der Waals surface area contributed by atoms with Crippen molar-refractivity contribution in [1.29, 1.82) is 0 Å². The summed E-state index contributed by atoms with van der Waals surface area (Å²) < 4.78 is 0. The van der Waals surface area contributed by atoms with E-state index in [9.17, 15) is 4.79 Å². The molecule has 1 atom stereocenters. The Balaban J connectivity index is 1.77. The van der Waals surface area contributed by atoms with Crippen LogP contribution in [-0.2, 0) is 4.79 Å². The number of likely N-dealkylation sites (N-methyl/N-ethyl adjacent to an activating group) is 1. The van der Waals surface area contributed by atoms with Gasteiger partial charge in [-0.1, -0.05) is 19.3 Å². The van der Waals surface area contributed by atoms with Crippen LogP contribution < -0.4 is 5.32 Å². The maximum atomic E-state index is 12.2. The van der Waals surface area contributed by atoms with Crippen molar-refractivity contribution in [3.05, 3.63) is 0 Å². The number of nitrogens with one attached hydrogen (secondary N) is 1. The van der Waals surface area contributed by atoms with E-state index in [-0.39, 0.29) is 11.9 Å². The second-order valence-electron chi connectivity index (χ2n) is 5.86. The lowest BCUT2D eigenvalue weighted by Crippen LogP contribution is -2.54. The molecule has 1 heterocycles. The van der Waals surface area contributed by atoms with Gasteiger partial charge in [0.15, 0.2) is 0 Å². The molecule has 0 aromatic carbocycles. The third kappa shape index (κ3) is 3.69. The van der Waals surface area contributed by atoms with Gasteiger partial charge in [-0.2, -0.15) is 0 Å². The third-order valence-corrected chi connectivity index (χ3v) is 4.42. The number of hydrogen-bond donors (Lipinski definition) is 1. The van der Waals surface area contributed by atoms with Crippen molar-refractivity contribution in [3.8, 4) is 0 Å². The zero-order chi connectivity index (χ0) is 13.0. The van der Waals surface area contributed by atoms with E-state index in [0.29, 0.717) is 6.04 Å². The average Bonchev–Trinajstić information content (AvgIpc) is 2.40. The fourth-order valence-electron chi connectivity index (χ4n) is 2.94. The van der Waals surface area contributed by atoms with Gasteiger partial charge in [-0.05, 0) is 26.8 Å². The number of rotatable bonds is 3. The SMILES string of the molecule is C[C@@H](C(=O)NC1CCCCC1)N1CCN(C)CC1. The maximum Gasteiger partial charge on any atom is 0.237 e.